The summed E-state index contributed by atoms with van der Waals surface area (Å²) in [6.07, 6.45) is -0.360. The van der Waals surface area contributed by atoms with Crippen LogP contribution in [0, 0.1) is 5.92 Å². The molecule has 0 aliphatic carbocycles. The Hall–Kier alpha value is -3.02. The number of carbonyl (C=O) groups excluding carboxylic acids is 2. The third-order valence-electron chi connectivity index (χ3n) is 3.74. The van der Waals surface area contributed by atoms with Crippen molar-refractivity contribution in [3.05, 3.63) is 60.7 Å². The molecule has 1 heterocycles. The lowest BCUT2D eigenvalue weighted by Crippen LogP contribution is -2.55. The van der Waals surface area contributed by atoms with Crippen LogP contribution in [0.5, 0.6) is 0 Å². The predicted octanol–water partition coefficient (Wildman–Crippen LogP) is 3.76. The van der Waals surface area contributed by atoms with Crippen molar-refractivity contribution in [3.8, 4) is 0 Å². The standard InChI is InChI=1S/C15H20N2O3.C6H7N/c1-15(2,3)20-14(19)17-9-11(10-17)13(18)16-12-7-5-4-6-8-12;7-6-4-2-1-3-5-6/h4-8,11H,9-10H2,1-3H3,(H,16,18);1-5H,7H2. The van der Waals surface area contributed by atoms with Gasteiger partial charge < -0.3 is 20.7 Å². The Labute approximate surface area is 160 Å². The van der Waals surface area contributed by atoms with Crippen molar-refractivity contribution >= 4 is 23.4 Å². The van der Waals surface area contributed by atoms with Crippen LogP contribution in [-0.4, -0.2) is 35.6 Å². The lowest BCUT2D eigenvalue weighted by molar-refractivity contribution is -0.124. The minimum Gasteiger partial charge on any atom is -0.444 e. The van der Waals surface area contributed by atoms with Gasteiger partial charge in [-0.3, -0.25) is 4.79 Å². The third-order valence-corrected chi connectivity index (χ3v) is 3.74. The molecule has 6 nitrogen and oxygen atoms in total. The summed E-state index contributed by atoms with van der Waals surface area (Å²) in [6, 6.07) is 18.8. The number of anilines is 2. The van der Waals surface area contributed by atoms with E-state index in [0.717, 1.165) is 11.4 Å². The van der Waals surface area contributed by atoms with E-state index in [0.29, 0.717) is 13.1 Å². The van der Waals surface area contributed by atoms with Gasteiger partial charge >= 0.3 is 6.09 Å². The van der Waals surface area contributed by atoms with E-state index in [1.54, 1.807) is 4.90 Å². The summed E-state index contributed by atoms with van der Waals surface area (Å²) in [6.45, 7) is 6.29. The number of likely N-dealkylation sites (tertiary alicyclic amines) is 1. The number of nitrogen functional groups attached to an aromatic ring is 1. The average molecular weight is 369 g/mol. The van der Waals surface area contributed by atoms with E-state index >= 15 is 0 Å². The topological polar surface area (TPSA) is 84.7 Å². The maximum atomic E-state index is 12.0. The monoisotopic (exact) mass is 369 g/mol. The molecular formula is C21H27N3O3. The molecule has 0 aromatic heterocycles. The minimum absolute atomic E-state index is 0.0593. The van der Waals surface area contributed by atoms with Crippen LogP contribution in [0.1, 0.15) is 20.8 Å². The van der Waals surface area contributed by atoms with Gasteiger partial charge in [0.25, 0.3) is 0 Å². The number of nitrogens with one attached hydrogen (secondary N) is 1. The van der Waals surface area contributed by atoms with Crippen LogP contribution in [0.25, 0.3) is 0 Å². The predicted molar refractivity (Wildman–Crippen MR) is 107 cm³/mol. The Morgan fingerprint density at radius 2 is 1.52 bits per heavy atom. The molecule has 0 spiro atoms. The van der Waals surface area contributed by atoms with Crippen molar-refractivity contribution in [2.45, 2.75) is 26.4 Å². The van der Waals surface area contributed by atoms with Crippen molar-refractivity contribution in [1.29, 1.82) is 0 Å². The van der Waals surface area contributed by atoms with Crippen LogP contribution in [0.4, 0.5) is 16.2 Å². The lowest BCUT2D eigenvalue weighted by Gasteiger charge is -2.38. The van der Waals surface area contributed by atoms with E-state index in [-0.39, 0.29) is 17.9 Å². The number of benzene rings is 2. The molecule has 2 aromatic carbocycles. The largest absolute Gasteiger partial charge is 0.444 e. The fourth-order valence-electron chi connectivity index (χ4n) is 2.34. The normalized spacial score (nSPS) is 13.7. The molecule has 1 saturated heterocycles. The zero-order valence-corrected chi connectivity index (χ0v) is 16.0. The quantitative estimate of drug-likeness (QED) is 0.790. The first-order valence-electron chi connectivity index (χ1n) is 8.89. The van der Waals surface area contributed by atoms with E-state index in [4.69, 9.17) is 10.5 Å². The van der Waals surface area contributed by atoms with Gasteiger partial charge in [0.1, 0.15) is 5.60 Å². The van der Waals surface area contributed by atoms with E-state index in [1.807, 2.05) is 81.4 Å². The van der Waals surface area contributed by atoms with Crippen molar-refractivity contribution < 1.29 is 14.3 Å². The summed E-state index contributed by atoms with van der Waals surface area (Å²) in [7, 11) is 0. The molecule has 0 saturated carbocycles. The SMILES string of the molecule is CC(C)(C)OC(=O)N1CC(C(=O)Nc2ccccc2)C1.Nc1ccccc1. The number of rotatable bonds is 2. The lowest BCUT2D eigenvalue weighted by atomic mass is 10.00. The van der Waals surface area contributed by atoms with Gasteiger partial charge in [0.15, 0.2) is 0 Å². The number of amides is 2. The number of para-hydroxylation sites is 2. The maximum Gasteiger partial charge on any atom is 0.410 e. The molecule has 1 aliphatic heterocycles. The highest BCUT2D eigenvalue weighted by molar-refractivity contribution is 5.94. The van der Waals surface area contributed by atoms with Crippen molar-refractivity contribution in [3.63, 3.8) is 0 Å². The van der Waals surface area contributed by atoms with E-state index < -0.39 is 5.60 Å². The number of nitrogens with zero attached hydrogens (tertiary/aromatic N) is 1. The molecule has 2 amide bonds. The highest BCUT2D eigenvalue weighted by Gasteiger charge is 2.37. The Balaban J connectivity index is 0.000000313. The van der Waals surface area contributed by atoms with Crippen LogP contribution in [0.3, 0.4) is 0 Å². The van der Waals surface area contributed by atoms with Crippen LogP contribution in [0.15, 0.2) is 60.7 Å². The van der Waals surface area contributed by atoms with Gasteiger partial charge in [0.2, 0.25) is 5.91 Å². The first-order valence-corrected chi connectivity index (χ1v) is 8.89. The molecule has 1 fully saturated rings. The van der Waals surface area contributed by atoms with Gasteiger partial charge in [-0.2, -0.15) is 0 Å². The Morgan fingerprint density at radius 3 is 1.96 bits per heavy atom. The molecule has 0 atom stereocenters. The molecule has 3 rings (SSSR count). The van der Waals surface area contributed by atoms with Crippen LogP contribution in [0.2, 0.25) is 0 Å². The summed E-state index contributed by atoms with van der Waals surface area (Å²) in [5, 5.41) is 2.83. The Bertz CT molecular complexity index is 736. The molecule has 0 bridgehead atoms. The van der Waals surface area contributed by atoms with Gasteiger partial charge in [-0.25, -0.2) is 4.79 Å². The molecule has 3 N–H and O–H groups in total. The maximum absolute atomic E-state index is 12.0. The molecular weight excluding hydrogens is 342 g/mol. The van der Waals surface area contributed by atoms with E-state index in [1.165, 1.54) is 0 Å². The van der Waals surface area contributed by atoms with Crippen molar-refractivity contribution in [1.82, 2.24) is 4.90 Å². The second-order valence-corrected chi connectivity index (χ2v) is 7.35. The van der Waals surface area contributed by atoms with Gasteiger partial charge in [0.05, 0.1) is 5.92 Å². The first kappa shape index (κ1) is 20.3. The summed E-state index contributed by atoms with van der Waals surface area (Å²) < 4.78 is 5.24. The highest BCUT2D eigenvalue weighted by Crippen LogP contribution is 2.21. The number of carbonyl (C=O) groups is 2. The number of hydrogen-bond acceptors (Lipinski definition) is 4. The van der Waals surface area contributed by atoms with Crippen molar-refractivity contribution in [2.24, 2.45) is 5.92 Å². The molecule has 0 unspecified atom stereocenters. The van der Waals surface area contributed by atoms with E-state index in [2.05, 4.69) is 5.32 Å². The fraction of sp³-hybridized carbons (Fsp3) is 0.333. The minimum atomic E-state index is -0.505. The molecule has 144 valence electrons. The summed E-state index contributed by atoms with van der Waals surface area (Å²) in [4.78, 5) is 25.2. The highest BCUT2D eigenvalue weighted by atomic mass is 16.6. The number of nitrogens with two attached hydrogens (primary N) is 1. The molecule has 0 radical (unpaired) electrons. The zero-order valence-electron chi connectivity index (χ0n) is 16.0. The van der Waals surface area contributed by atoms with E-state index in [9.17, 15) is 9.59 Å². The van der Waals surface area contributed by atoms with Crippen LogP contribution in [-0.2, 0) is 9.53 Å². The van der Waals surface area contributed by atoms with Gasteiger partial charge in [0, 0.05) is 24.5 Å². The molecule has 1 aliphatic rings. The smallest absolute Gasteiger partial charge is 0.410 e. The third kappa shape index (κ3) is 7.01. The molecule has 2 aromatic rings. The summed E-state index contributed by atoms with van der Waals surface area (Å²) >= 11 is 0. The van der Waals surface area contributed by atoms with Crippen molar-refractivity contribution in [2.75, 3.05) is 24.1 Å². The molecule has 6 heteroatoms. The fourth-order valence-corrected chi connectivity index (χ4v) is 2.34. The number of ether oxygens (including phenoxy) is 1. The second-order valence-electron chi connectivity index (χ2n) is 7.35. The second kappa shape index (κ2) is 9.07. The average Bonchev–Trinajstić information content (AvgIpc) is 2.54. The van der Waals surface area contributed by atoms with Gasteiger partial charge in [-0.05, 0) is 45.0 Å². The zero-order chi connectivity index (χ0) is 19.9. The van der Waals surface area contributed by atoms with Gasteiger partial charge in [-0.1, -0.05) is 36.4 Å². The van der Waals surface area contributed by atoms with Crippen LogP contribution < -0.4 is 11.1 Å². The Kier molecular flexibility index (Phi) is 6.82. The molecule has 27 heavy (non-hydrogen) atoms. The first-order chi connectivity index (χ1) is 12.7. The van der Waals surface area contributed by atoms with Crippen LogP contribution >= 0.6 is 0 Å². The Morgan fingerprint density at radius 1 is 1.00 bits per heavy atom. The summed E-state index contributed by atoms with van der Waals surface area (Å²) in [5.41, 5.74) is 6.45. The summed E-state index contributed by atoms with van der Waals surface area (Å²) in [5.74, 6) is -0.223. The number of hydrogen-bond donors (Lipinski definition) is 2. The van der Waals surface area contributed by atoms with Gasteiger partial charge in [-0.15, -0.1) is 0 Å².